The molecule has 3 aromatic rings. The minimum atomic E-state index is -0.280. The zero-order valence-corrected chi connectivity index (χ0v) is 17.6. The predicted molar refractivity (Wildman–Crippen MR) is 114 cm³/mol. The second-order valence-corrected chi connectivity index (χ2v) is 7.44. The highest BCUT2D eigenvalue weighted by Crippen LogP contribution is 2.15. The van der Waals surface area contributed by atoms with E-state index in [0.29, 0.717) is 30.8 Å². The van der Waals surface area contributed by atoms with E-state index in [1.807, 2.05) is 54.8 Å². The van der Waals surface area contributed by atoms with Crippen LogP contribution in [-0.2, 0) is 19.6 Å². The van der Waals surface area contributed by atoms with Gasteiger partial charge in [-0.1, -0.05) is 19.1 Å². The number of methoxy groups -OCH3 is 1. The minimum absolute atomic E-state index is 0.276. The van der Waals surface area contributed by atoms with Crippen LogP contribution in [0.25, 0.3) is 11.2 Å². The molecule has 0 radical (unpaired) electrons. The van der Waals surface area contributed by atoms with Crippen LogP contribution in [-0.4, -0.2) is 51.3 Å². The Bertz CT molecular complexity index is 1080. The molecule has 2 aromatic heterocycles. The highest BCUT2D eigenvalue weighted by molar-refractivity contribution is 5.70. The van der Waals surface area contributed by atoms with Gasteiger partial charge in [0, 0.05) is 19.6 Å². The standard InChI is InChI=1S/C21H29N5O3/c1-5-11-25-19-18(20(27)26(21(25)28)13-6-12-23(2)3)24(15-22-19)14-16-7-9-17(29-4)10-8-16/h7-10,15H,5-6,11-14H2,1-4H3. The Morgan fingerprint density at radius 1 is 1.07 bits per heavy atom. The van der Waals surface area contributed by atoms with Crippen molar-refractivity contribution >= 4 is 11.2 Å². The lowest BCUT2D eigenvalue weighted by Crippen LogP contribution is -2.41. The summed E-state index contributed by atoms with van der Waals surface area (Å²) in [5.41, 5.74) is 1.40. The lowest BCUT2D eigenvalue weighted by Gasteiger charge is -2.13. The average molecular weight is 399 g/mol. The lowest BCUT2D eigenvalue weighted by molar-refractivity contribution is 0.380. The summed E-state index contributed by atoms with van der Waals surface area (Å²) in [5, 5.41) is 0. The molecule has 0 atom stereocenters. The zero-order chi connectivity index (χ0) is 21.0. The first-order chi connectivity index (χ1) is 14.0. The van der Waals surface area contributed by atoms with E-state index in [-0.39, 0.29) is 11.2 Å². The fraction of sp³-hybridized carbons (Fsp3) is 0.476. The molecule has 2 heterocycles. The predicted octanol–water partition coefficient (Wildman–Crippen LogP) is 1.78. The zero-order valence-electron chi connectivity index (χ0n) is 17.6. The first-order valence-electron chi connectivity index (χ1n) is 9.92. The van der Waals surface area contributed by atoms with Gasteiger partial charge in [-0.3, -0.25) is 13.9 Å². The summed E-state index contributed by atoms with van der Waals surface area (Å²) in [6.07, 6.45) is 3.16. The normalized spacial score (nSPS) is 11.5. The highest BCUT2D eigenvalue weighted by Gasteiger charge is 2.17. The summed E-state index contributed by atoms with van der Waals surface area (Å²) in [4.78, 5) is 32.6. The van der Waals surface area contributed by atoms with Crippen LogP contribution in [0.4, 0.5) is 0 Å². The molecule has 0 saturated heterocycles. The molecule has 8 heteroatoms. The summed E-state index contributed by atoms with van der Waals surface area (Å²) in [6.45, 7) is 4.24. The van der Waals surface area contributed by atoms with Crippen molar-refractivity contribution in [1.82, 2.24) is 23.6 Å². The van der Waals surface area contributed by atoms with Gasteiger partial charge < -0.3 is 14.2 Å². The summed E-state index contributed by atoms with van der Waals surface area (Å²) in [5.74, 6) is 0.782. The van der Waals surface area contributed by atoms with Gasteiger partial charge in [-0.2, -0.15) is 0 Å². The molecule has 0 aliphatic rings. The lowest BCUT2D eigenvalue weighted by atomic mass is 10.2. The maximum atomic E-state index is 13.2. The number of imidazole rings is 1. The number of hydrogen-bond acceptors (Lipinski definition) is 5. The van der Waals surface area contributed by atoms with Crippen molar-refractivity contribution in [2.75, 3.05) is 27.7 Å². The Morgan fingerprint density at radius 3 is 2.41 bits per heavy atom. The quantitative estimate of drug-likeness (QED) is 0.548. The molecular weight excluding hydrogens is 370 g/mol. The smallest absolute Gasteiger partial charge is 0.332 e. The second kappa shape index (κ2) is 9.09. The van der Waals surface area contributed by atoms with Crippen molar-refractivity contribution in [1.29, 1.82) is 0 Å². The number of hydrogen-bond donors (Lipinski definition) is 0. The fourth-order valence-corrected chi connectivity index (χ4v) is 3.45. The molecule has 0 saturated carbocycles. The number of rotatable bonds is 9. The Morgan fingerprint density at radius 2 is 1.79 bits per heavy atom. The average Bonchev–Trinajstić information content (AvgIpc) is 3.11. The number of benzene rings is 1. The van der Waals surface area contributed by atoms with Gasteiger partial charge in [0.05, 0.1) is 13.4 Å². The third-order valence-electron chi connectivity index (χ3n) is 4.93. The Labute approximate surface area is 170 Å². The number of aryl methyl sites for hydroxylation is 1. The molecule has 8 nitrogen and oxygen atoms in total. The Hall–Kier alpha value is -2.87. The van der Waals surface area contributed by atoms with Crippen molar-refractivity contribution in [3.63, 3.8) is 0 Å². The summed E-state index contributed by atoms with van der Waals surface area (Å²) in [6, 6.07) is 7.70. The van der Waals surface area contributed by atoms with Crippen LogP contribution in [0.15, 0.2) is 40.2 Å². The van der Waals surface area contributed by atoms with Gasteiger partial charge in [0.1, 0.15) is 5.75 Å². The monoisotopic (exact) mass is 399 g/mol. The van der Waals surface area contributed by atoms with Crippen molar-refractivity contribution in [3.05, 3.63) is 57.0 Å². The topological polar surface area (TPSA) is 74.3 Å². The number of fused-ring (bicyclic) bond motifs is 1. The first kappa shape index (κ1) is 20.9. The minimum Gasteiger partial charge on any atom is -0.497 e. The summed E-state index contributed by atoms with van der Waals surface area (Å²) >= 11 is 0. The van der Waals surface area contributed by atoms with Crippen LogP contribution in [0.5, 0.6) is 5.75 Å². The molecule has 156 valence electrons. The highest BCUT2D eigenvalue weighted by atomic mass is 16.5. The van der Waals surface area contributed by atoms with Crippen molar-refractivity contribution in [2.45, 2.75) is 39.4 Å². The molecule has 0 fully saturated rings. The molecule has 0 spiro atoms. The van der Waals surface area contributed by atoms with Crippen LogP contribution in [0.2, 0.25) is 0 Å². The number of nitrogens with zero attached hydrogens (tertiary/aromatic N) is 5. The Balaban J connectivity index is 2.06. The largest absolute Gasteiger partial charge is 0.497 e. The van der Waals surface area contributed by atoms with Gasteiger partial charge >= 0.3 is 5.69 Å². The molecule has 0 amide bonds. The Kier molecular flexibility index (Phi) is 6.53. The summed E-state index contributed by atoms with van der Waals surface area (Å²) in [7, 11) is 5.58. The van der Waals surface area contributed by atoms with Crippen LogP contribution in [0.1, 0.15) is 25.3 Å². The molecule has 0 bridgehead atoms. The van der Waals surface area contributed by atoms with E-state index in [0.717, 1.165) is 30.7 Å². The van der Waals surface area contributed by atoms with Gasteiger partial charge in [-0.25, -0.2) is 9.78 Å². The molecule has 0 aliphatic carbocycles. The third kappa shape index (κ3) is 4.42. The third-order valence-corrected chi connectivity index (χ3v) is 4.93. The number of ether oxygens (including phenoxy) is 1. The molecule has 0 N–H and O–H groups in total. The van der Waals surface area contributed by atoms with Gasteiger partial charge in [0.15, 0.2) is 11.2 Å². The van der Waals surface area contributed by atoms with E-state index in [1.165, 1.54) is 4.57 Å². The van der Waals surface area contributed by atoms with Crippen LogP contribution in [0, 0.1) is 0 Å². The molecule has 1 aromatic carbocycles. The maximum Gasteiger partial charge on any atom is 0.332 e. The van der Waals surface area contributed by atoms with Crippen molar-refractivity contribution in [2.24, 2.45) is 0 Å². The fourth-order valence-electron chi connectivity index (χ4n) is 3.45. The van der Waals surface area contributed by atoms with Gasteiger partial charge in [0.2, 0.25) is 0 Å². The van der Waals surface area contributed by atoms with Gasteiger partial charge in [-0.05, 0) is 51.2 Å². The van der Waals surface area contributed by atoms with E-state index < -0.39 is 0 Å². The van der Waals surface area contributed by atoms with Crippen molar-refractivity contribution in [3.8, 4) is 5.75 Å². The molecule has 0 unspecified atom stereocenters. The van der Waals surface area contributed by atoms with Gasteiger partial charge in [0.25, 0.3) is 5.56 Å². The van der Waals surface area contributed by atoms with Crippen molar-refractivity contribution < 1.29 is 4.74 Å². The van der Waals surface area contributed by atoms with Crippen LogP contribution in [0.3, 0.4) is 0 Å². The first-order valence-corrected chi connectivity index (χ1v) is 9.92. The summed E-state index contributed by atoms with van der Waals surface area (Å²) < 4.78 is 10.0. The van der Waals surface area contributed by atoms with Crippen LogP contribution >= 0.6 is 0 Å². The molecule has 3 rings (SSSR count). The van der Waals surface area contributed by atoms with E-state index in [4.69, 9.17) is 4.74 Å². The van der Waals surface area contributed by atoms with E-state index in [2.05, 4.69) is 4.98 Å². The SMILES string of the molecule is CCCn1c(=O)n(CCCN(C)C)c(=O)c2c1ncn2Cc1ccc(OC)cc1. The van der Waals surface area contributed by atoms with E-state index in [9.17, 15) is 9.59 Å². The number of aromatic nitrogens is 4. The molecule has 29 heavy (non-hydrogen) atoms. The molecule has 0 aliphatic heterocycles. The van der Waals surface area contributed by atoms with Gasteiger partial charge in [-0.15, -0.1) is 0 Å². The second-order valence-electron chi connectivity index (χ2n) is 7.44. The van der Waals surface area contributed by atoms with E-state index in [1.54, 1.807) is 18.0 Å². The maximum absolute atomic E-state index is 13.2. The molecular formula is C21H29N5O3. The van der Waals surface area contributed by atoms with Crippen LogP contribution < -0.4 is 16.0 Å². The van der Waals surface area contributed by atoms with E-state index >= 15 is 0 Å².